The fourth-order valence-corrected chi connectivity index (χ4v) is 2.60. The number of aromatic nitrogens is 1. The maximum Gasteiger partial charge on any atom is 0.262 e. The number of ether oxygens (including phenoxy) is 1. The second kappa shape index (κ2) is 8.83. The van der Waals surface area contributed by atoms with E-state index in [0.717, 1.165) is 10.6 Å². The predicted molar refractivity (Wildman–Crippen MR) is 95.1 cm³/mol. The summed E-state index contributed by atoms with van der Waals surface area (Å²) in [7, 11) is 1.59. The predicted octanol–water partition coefficient (Wildman–Crippen LogP) is 2.19. The van der Waals surface area contributed by atoms with Gasteiger partial charge >= 0.3 is 0 Å². The second-order valence-corrected chi connectivity index (χ2v) is 5.85. The van der Waals surface area contributed by atoms with E-state index in [0.29, 0.717) is 17.2 Å². The molecule has 2 rings (SSSR count). The normalized spacial score (nSPS) is 10.6. The van der Waals surface area contributed by atoms with Crippen LogP contribution in [0.4, 0.5) is 0 Å². The first-order valence-electron chi connectivity index (χ1n) is 7.48. The molecule has 0 atom stereocenters. The fraction of sp³-hybridized carbons (Fsp3) is 0.235. The van der Waals surface area contributed by atoms with Crippen LogP contribution in [0, 0.1) is 0 Å². The van der Waals surface area contributed by atoms with Crippen LogP contribution in [0.5, 0.6) is 5.75 Å². The highest BCUT2D eigenvalue weighted by Crippen LogP contribution is 2.17. The number of nitrogens with one attached hydrogen (secondary N) is 2. The minimum atomic E-state index is -0.142. The third kappa shape index (κ3) is 5.20. The van der Waals surface area contributed by atoms with Gasteiger partial charge in [-0.3, -0.25) is 9.59 Å². The van der Waals surface area contributed by atoms with Gasteiger partial charge in [0.2, 0.25) is 0 Å². The molecule has 2 amide bonds. The SMILES string of the molecule is CCNC(=O)COc1ccc(C=Cc2ncc(C(=O)NC)s2)cc1. The van der Waals surface area contributed by atoms with E-state index < -0.39 is 0 Å². The van der Waals surface area contributed by atoms with E-state index in [1.54, 1.807) is 25.4 Å². The van der Waals surface area contributed by atoms with Gasteiger partial charge in [-0.05, 0) is 30.7 Å². The summed E-state index contributed by atoms with van der Waals surface area (Å²) in [6, 6.07) is 7.38. The number of nitrogens with zero attached hydrogens (tertiary/aromatic N) is 1. The van der Waals surface area contributed by atoms with Gasteiger partial charge in [-0.15, -0.1) is 11.3 Å². The molecular weight excluding hydrogens is 326 g/mol. The van der Waals surface area contributed by atoms with Gasteiger partial charge in [-0.2, -0.15) is 0 Å². The number of thiazole rings is 1. The largest absolute Gasteiger partial charge is 0.484 e. The first-order valence-corrected chi connectivity index (χ1v) is 8.29. The molecule has 0 aliphatic heterocycles. The number of benzene rings is 1. The van der Waals surface area contributed by atoms with Crippen molar-refractivity contribution in [2.75, 3.05) is 20.2 Å². The third-order valence-corrected chi connectivity index (χ3v) is 3.98. The summed E-state index contributed by atoms with van der Waals surface area (Å²) < 4.78 is 5.39. The first-order chi connectivity index (χ1) is 11.6. The van der Waals surface area contributed by atoms with Crippen LogP contribution in [0.15, 0.2) is 30.5 Å². The van der Waals surface area contributed by atoms with Gasteiger partial charge in [0, 0.05) is 13.6 Å². The topological polar surface area (TPSA) is 80.3 Å². The van der Waals surface area contributed by atoms with Crippen molar-refractivity contribution in [2.24, 2.45) is 0 Å². The van der Waals surface area contributed by atoms with Crippen molar-refractivity contribution in [2.45, 2.75) is 6.92 Å². The van der Waals surface area contributed by atoms with E-state index in [4.69, 9.17) is 4.74 Å². The molecule has 0 saturated carbocycles. The van der Waals surface area contributed by atoms with Gasteiger partial charge in [-0.25, -0.2) is 4.98 Å². The molecule has 0 aliphatic carbocycles. The van der Waals surface area contributed by atoms with Crippen molar-refractivity contribution >= 4 is 35.3 Å². The van der Waals surface area contributed by atoms with Gasteiger partial charge in [0.05, 0.1) is 6.20 Å². The van der Waals surface area contributed by atoms with Crippen molar-refractivity contribution in [3.8, 4) is 5.75 Å². The van der Waals surface area contributed by atoms with E-state index in [1.807, 2.05) is 31.2 Å². The van der Waals surface area contributed by atoms with Crippen LogP contribution in [0.1, 0.15) is 27.2 Å². The van der Waals surface area contributed by atoms with Gasteiger partial charge in [0.15, 0.2) is 6.61 Å². The Bertz CT molecular complexity index is 723. The highest BCUT2D eigenvalue weighted by molar-refractivity contribution is 7.14. The molecule has 0 bridgehead atoms. The van der Waals surface area contributed by atoms with Gasteiger partial charge in [0.1, 0.15) is 15.6 Å². The standard InChI is InChI=1S/C17H19N3O3S/c1-3-19-15(21)11-23-13-7-4-12(5-8-13)6-9-16-20-10-14(24-16)17(22)18-2/h4-10H,3,11H2,1-2H3,(H,18,22)(H,19,21). The van der Waals surface area contributed by atoms with Crippen molar-refractivity contribution in [1.82, 2.24) is 15.6 Å². The Labute approximate surface area is 144 Å². The zero-order chi connectivity index (χ0) is 17.4. The maximum atomic E-state index is 11.5. The van der Waals surface area contributed by atoms with Crippen LogP contribution in [0.3, 0.4) is 0 Å². The molecule has 2 aromatic rings. The van der Waals surface area contributed by atoms with Gasteiger partial charge < -0.3 is 15.4 Å². The molecule has 6 nitrogen and oxygen atoms in total. The molecule has 1 heterocycles. The molecule has 24 heavy (non-hydrogen) atoms. The van der Waals surface area contributed by atoms with Gasteiger partial charge in [0.25, 0.3) is 11.8 Å². The number of amides is 2. The van der Waals surface area contributed by atoms with Crippen LogP contribution in [0.2, 0.25) is 0 Å². The maximum absolute atomic E-state index is 11.5. The number of carbonyl (C=O) groups excluding carboxylic acids is 2. The van der Waals surface area contributed by atoms with Crippen LogP contribution >= 0.6 is 11.3 Å². The lowest BCUT2D eigenvalue weighted by atomic mass is 10.2. The van der Waals surface area contributed by atoms with E-state index >= 15 is 0 Å². The molecular formula is C17H19N3O3S. The Morgan fingerprint density at radius 3 is 2.67 bits per heavy atom. The molecule has 2 N–H and O–H groups in total. The smallest absolute Gasteiger partial charge is 0.262 e. The van der Waals surface area contributed by atoms with Crippen LogP contribution in [0.25, 0.3) is 12.2 Å². The Balaban J connectivity index is 1.92. The van der Waals surface area contributed by atoms with E-state index in [9.17, 15) is 9.59 Å². The lowest BCUT2D eigenvalue weighted by Gasteiger charge is -2.06. The Morgan fingerprint density at radius 1 is 1.25 bits per heavy atom. The molecule has 0 radical (unpaired) electrons. The highest BCUT2D eigenvalue weighted by Gasteiger charge is 2.06. The van der Waals surface area contributed by atoms with Crippen LogP contribution in [-0.4, -0.2) is 37.0 Å². The monoisotopic (exact) mass is 345 g/mol. The van der Waals surface area contributed by atoms with Gasteiger partial charge in [-0.1, -0.05) is 18.2 Å². The lowest BCUT2D eigenvalue weighted by Crippen LogP contribution is -2.28. The van der Waals surface area contributed by atoms with E-state index in [2.05, 4.69) is 15.6 Å². The number of rotatable bonds is 7. The van der Waals surface area contributed by atoms with Crippen molar-refractivity contribution in [1.29, 1.82) is 0 Å². The zero-order valence-corrected chi connectivity index (χ0v) is 14.4. The molecule has 0 unspecified atom stereocenters. The minimum Gasteiger partial charge on any atom is -0.484 e. The quantitative estimate of drug-likeness (QED) is 0.806. The van der Waals surface area contributed by atoms with E-state index in [1.165, 1.54) is 11.3 Å². The minimum absolute atomic E-state index is 0.00438. The number of likely N-dealkylation sites (N-methyl/N-ethyl adjacent to an activating group) is 1. The molecule has 7 heteroatoms. The lowest BCUT2D eigenvalue weighted by molar-refractivity contribution is -0.122. The molecule has 0 aliphatic rings. The average Bonchev–Trinajstić information content (AvgIpc) is 3.07. The summed E-state index contributed by atoms with van der Waals surface area (Å²) in [5.41, 5.74) is 0.969. The fourth-order valence-electron chi connectivity index (χ4n) is 1.83. The summed E-state index contributed by atoms with van der Waals surface area (Å²) in [6.07, 6.45) is 5.31. The zero-order valence-electron chi connectivity index (χ0n) is 13.5. The summed E-state index contributed by atoms with van der Waals surface area (Å²) in [6.45, 7) is 2.45. The summed E-state index contributed by atoms with van der Waals surface area (Å²) in [5, 5.41) is 5.99. The molecule has 0 spiro atoms. The van der Waals surface area contributed by atoms with Crippen molar-refractivity contribution in [3.63, 3.8) is 0 Å². The average molecular weight is 345 g/mol. The third-order valence-electron chi connectivity index (χ3n) is 3.02. The molecule has 1 aromatic heterocycles. The Hall–Kier alpha value is -2.67. The Kier molecular flexibility index (Phi) is 6.51. The van der Waals surface area contributed by atoms with Crippen molar-refractivity contribution < 1.29 is 14.3 Å². The van der Waals surface area contributed by atoms with Crippen LogP contribution in [-0.2, 0) is 4.79 Å². The summed E-state index contributed by atoms with van der Waals surface area (Å²) in [4.78, 5) is 27.6. The first kappa shape index (κ1) is 17.7. The molecule has 1 aromatic carbocycles. The highest BCUT2D eigenvalue weighted by atomic mass is 32.1. The molecule has 0 saturated heterocycles. The Morgan fingerprint density at radius 2 is 2.00 bits per heavy atom. The number of carbonyl (C=O) groups is 2. The van der Waals surface area contributed by atoms with Crippen molar-refractivity contribution in [3.05, 3.63) is 45.9 Å². The van der Waals surface area contributed by atoms with E-state index in [-0.39, 0.29) is 18.4 Å². The molecule has 0 fully saturated rings. The summed E-state index contributed by atoms with van der Waals surface area (Å²) >= 11 is 1.32. The number of hydrogen-bond acceptors (Lipinski definition) is 5. The second-order valence-electron chi connectivity index (χ2n) is 4.79. The number of hydrogen-bond donors (Lipinski definition) is 2. The van der Waals surface area contributed by atoms with Crippen LogP contribution < -0.4 is 15.4 Å². The summed E-state index contributed by atoms with van der Waals surface area (Å²) in [5.74, 6) is 0.354. The molecule has 126 valence electrons.